The van der Waals surface area contributed by atoms with Gasteiger partial charge in [0.25, 0.3) is 0 Å². The van der Waals surface area contributed by atoms with Crippen molar-refractivity contribution in [2.24, 2.45) is 12.8 Å². The number of methoxy groups -OCH3 is 1. The van der Waals surface area contributed by atoms with Gasteiger partial charge in [-0.2, -0.15) is 5.10 Å². The van der Waals surface area contributed by atoms with Gasteiger partial charge in [-0.1, -0.05) is 0 Å². The first-order valence-corrected chi connectivity index (χ1v) is 6.44. The second-order valence-electron chi connectivity index (χ2n) is 4.12. The van der Waals surface area contributed by atoms with Crippen LogP contribution in [0.4, 0.5) is 0 Å². The summed E-state index contributed by atoms with van der Waals surface area (Å²) in [6.07, 6.45) is 0. The van der Waals surface area contributed by atoms with Crippen molar-refractivity contribution in [2.45, 2.75) is 13.5 Å². The highest BCUT2D eigenvalue weighted by atomic mass is 79.9. The summed E-state index contributed by atoms with van der Waals surface area (Å²) in [6.45, 7) is 2.44. The quantitative estimate of drug-likeness (QED) is 0.948. The van der Waals surface area contributed by atoms with Gasteiger partial charge in [0, 0.05) is 19.2 Å². The first kappa shape index (κ1) is 13.1. The Morgan fingerprint density at radius 3 is 2.67 bits per heavy atom. The Labute approximate surface area is 115 Å². The molecule has 5 heteroatoms. The molecule has 4 nitrogen and oxygen atoms in total. The van der Waals surface area contributed by atoms with Crippen LogP contribution in [-0.2, 0) is 13.6 Å². The normalized spacial score (nSPS) is 10.7. The predicted octanol–water partition coefficient (Wildman–Crippen LogP) is 2.63. The van der Waals surface area contributed by atoms with Gasteiger partial charge >= 0.3 is 0 Å². The number of ether oxygens (including phenoxy) is 1. The summed E-state index contributed by atoms with van der Waals surface area (Å²) in [4.78, 5) is 0. The van der Waals surface area contributed by atoms with Gasteiger partial charge in [0.15, 0.2) is 0 Å². The molecular weight excluding hydrogens is 294 g/mol. The van der Waals surface area contributed by atoms with E-state index < -0.39 is 0 Å². The molecule has 0 fully saturated rings. The number of rotatable bonds is 3. The molecule has 0 unspecified atom stereocenters. The van der Waals surface area contributed by atoms with Gasteiger partial charge in [0.05, 0.1) is 23.0 Å². The zero-order valence-electron chi connectivity index (χ0n) is 10.7. The van der Waals surface area contributed by atoms with Crippen LogP contribution in [-0.4, -0.2) is 16.9 Å². The van der Waals surface area contributed by atoms with E-state index in [-0.39, 0.29) is 0 Å². The lowest BCUT2D eigenvalue weighted by molar-refractivity contribution is 0.412. The SMILES string of the molecule is COc1ccc(-c2c(Br)c(CN)nn2C)cc1C. The summed E-state index contributed by atoms with van der Waals surface area (Å²) in [6, 6.07) is 6.07. The summed E-state index contributed by atoms with van der Waals surface area (Å²) in [5.74, 6) is 0.885. The van der Waals surface area contributed by atoms with Crippen molar-refractivity contribution in [1.29, 1.82) is 0 Å². The van der Waals surface area contributed by atoms with Gasteiger partial charge in [-0.25, -0.2) is 0 Å². The number of halogens is 1. The van der Waals surface area contributed by atoms with E-state index in [1.54, 1.807) is 7.11 Å². The van der Waals surface area contributed by atoms with Crippen LogP contribution >= 0.6 is 15.9 Å². The Balaban J connectivity index is 2.55. The molecule has 0 bridgehead atoms. The minimum absolute atomic E-state index is 0.420. The van der Waals surface area contributed by atoms with Crippen molar-refractivity contribution < 1.29 is 4.74 Å². The molecule has 0 spiro atoms. The number of benzene rings is 1. The first-order chi connectivity index (χ1) is 8.58. The molecule has 0 atom stereocenters. The monoisotopic (exact) mass is 309 g/mol. The Kier molecular flexibility index (Phi) is 3.73. The fraction of sp³-hybridized carbons (Fsp3) is 0.308. The molecule has 1 aromatic carbocycles. The molecule has 96 valence electrons. The van der Waals surface area contributed by atoms with Crippen molar-refractivity contribution in [3.05, 3.63) is 33.9 Å². The average molecular weight is 310 g/mol. The highest BCUT2D eigenvalue weighted by Gasteiger charge is 2.15. The lowest BCUT2D eigenvalue weighted by atomic mass is 10.1. The molecule has 0 amide bonds. The van der Waals surface area contributed by atoms with Crippen molar-refractivity contribution >= 4 is 15.9 Å². The lowest BCUT2D eigenvalue weighted by Gasteiger charge is -2.08. The maximum absolute atomic E-state index is 5.66. The first-order valence-electron chi connectivity index (χ1n) is 5.65. The Morgan fingerprint density at radius 2 is 2.17 bits per heavy atom. The van der Waals surface area contributed by atoms with Gasteiger partial charge in [-0.3, -0.25) is 4.68 Å². The van der Waals surface area contributed by atoms with Crippen LogP contribution in [0, 0.1) is 6.92 Å². The highest BCUT2D eigenvalue weighted by molar-refractivity contribution is 9.10. The summed E-state index contributed by atoms with van der Waals surface area (Å²) >= 11 is 3.56. The van der Waals surface area contributed by atoms with Crippen molar-refractivity contribution in [3.8, 4) is 17.0 Å². The Hall–Kier alpha value is -1.33. The molecule has 1 aromatic heterocycles. The minimum atomic E-state index is 0.420. The summed E-state index contributed by atoms with van der Waals surface area (Å²) in [5.41, 5.74) is 9.74. The highest BCUT2D eigenvalue weighted by Crippen LogP contribution is 2.32. The molecule has 0 aliphatic carbocycles. The van der Waals surface area contributed by atoms with Crippen LogP contribution < -0.4 is 10.5 Å². The molecule has 0 aliphatic heterocycles. The van der Waals surface area contributed by atoms with E-state index in [1.165, 1.54) is 0 Å². The third-order valence-corrected chi connectivity index (χ3v) is 3.75. The Morgan fingerprint density at radius 1 is 1.44 bits per heavy atom. The molecule has 0 saturated carbocycles. The average Bonchev–Trinajstić information content (AvgIpc) is 2.64. The third-order valence-electron chi connectivity index (χ3n) is 2.92. The number of aromatic nitrogens is 2. The Bertz CT molecular complexity index is 578. The molecule has 0 radical (unpaired) electrons. The third kappa shape index (κ3) is 2.15. The molecule has 0 aliphatic rings. The second-order valence-corrected chi connectivity index (χ2v) is 4.91. The zero-order chi connectivity index (χ0) is 13.3. The van der Waals surface area contributed by atoms with Crippen LogP contribution in [0.1, 0.15) is 11.3 Å². The summed E-state index contributed by atoms with van der Waals surface area (Å²) in [5, 5.41) is 4.39. The lowest BCUT2D eigenvalue weighted by Crippen LogP contribution is -1.99. The summed E-state index contributed by atoms with van der Waals surface area (Å²) < 4.78 is 8.06. The molecular formula is C13H16BrN3O. The van der Waals surface area contributed by atoms with Crippen LogP contribution in [0.2, 0.25) is 0 Å². The molecule has 18 heavy (non-hydrogen) atoms. The predicted molar refractivity (Wildman–Crippen MR) is 75.5 cm³/mol. The second kappa shape index (κ2) is 5.12. The van der Waals surface area contributed by atoms with Gasteiger partial charge in [0.2, 0.25) is 0 Å². The minimum Gasteiger partial charge on any atom is -0.496 e. The maximum atomic E-state index is 5.66. The molecule has 0 saturated heterocycles. The zero-order valence-corrected chi connectivity index (χ0v) is 12.3. The molecule has 2 rings (SSSR count). The maximum Gasteiger partial charge on any atom is 0.121 e. The number of hydrogen-bond acceptors (Lipinski definition) is 3. The van der Waals surface area contributed by atoms with E-state index in [2.05, 4.69) is 27.1 Å². The number of aryl methyl sites for hydroxylation is 2. The fourth-order valence-corrected chi connectivity index (χ4v) is 2.75. The number of nitrogens with zero attached hydrogens (tertiary/aromatic N) is 2. The number of hydrogen-bond donors (Lipinski definition) is 1. The van der Waals surface area contributed by atoms with Gasteiger partial charge in [0.1, 0.15) is 5.75 Å². The van der Waals surface area contributed by atoms with E-state index in [1.807, 2.05) is 30.8 Å². The standard InChI is InChI=1S/C13H16BrN3O/c1-8-6-9(4-5-11(8)18-3)13-12(14)10(7-15)16-17(13)2/h4-6H,7,15H2,1-3H3. The fourth-order valence-electron chi connectivity index (χ4n) is 2.02. The topological polar surface area (TPSA) is 53.1 Å². The molecule has 1 heterocycles. The summed E-state index contributed by atoms with van der Waals surface area (Å²) in [7, 11) is 3.59. The van der Waals surface area contributed by atoms with Crippen molar-refractivity contribution in [3.63, 3.8) is 0 Å². The van der Waals surface area contributed by atoms with Crippen LogP contribution in [0.3, 0.4) is 0 Å². The van der Waals surface area contributed by atoms with Gasteiger partial charge < -0.3 is 10.5 Å². The molecule has 2 aromatic rings. The van der Waals surface area contributed by atoms with Crippen molar-refractivity contribution in [2.75, 3.05) is 7.11 Å². The van der Waals surface area contributed by atoms with Gasteiger partial charge in [-0.15, -0.1) is 0 Å². The van der Waals surface area contributed by atoms with E-state index in [9.17, 15) is 0 Å². The smallest absolute Gasteiger partial charge is 0.121 e. The van der Waals surface area contributed by atoms with Crippen LogP contribution in [0.25, 0.3) is 11.3 Å². The van der Waals surface area contributed by atoms with E-state index in [0.29, 0.717) is 6.54 Å². The van der Waals surface area contributed by atoms with Gasteiger partial charge in [-0.05, 0) is 46.6 Å². The van der Waals surface area contributed by atoms with Crippen molar-refractivity contribution in [1.82, 2.24) is 9.78 Å². The van der Waals surface area contributed by atoms with E-state index in [0.717, 1.165) is 32.7 Å². The largest absolute Gasteiger partial charge is 0.496 e. The van der Waals surface area contributed by atoms with E-state index >= 15 is 0 Å². The number of nitrogens with two attached hydrogens (primary N) is 1. The van der Waals surface area contributed by atoms with E-state index in [4.69, 9.17) is 10.5 Å². The molecule has 2 N–H and O–H groups in total. The van der Waals surface area contributed by atoms with Crippen LogP contribution in [0.5, 0.6) is 5.75 Å². The van der Waals surface area contributed by atoms with Crippen LogP contribution in [0.15, 0.2) is 22.7 Å².